The van der Waals surface area contributed by atoms with Crippen molar-refractivity contribution in [3.05, 3.63) is 69.8 Å². The number of aryl methyl sites for hydroxylation is 2. The van der Waals surface area contributed by atoms with Gasteiger partial charge >= 0.3 is 0 Å². The van der Waals surface area contributed by atoms with Gasteiger partial charge < -0.3 is 5.11 Å². The molecule has 4 nitrogen and oxygen atoms in total. The molecular formula is C20H21NO3. The molecule has 1 aliphatic heterocycles. The number of fused-ring (bicyclic) bond motifs is 1. The van der Waals surface area contributed by atoms with Crippen LogP contribution in [0.2, 0.25) is 0 Å². The third-order valence-electron chi connectivity index (χ3n) is 4.73. The molecule has 0 atom stereocenters. The summed E-state index contributed by atoms with van der Waals surface area (Å²) >= 11 is 0. The Morgan fingerprint density at radius 2 is 1.62 bits per heavy atom. The molecule has 0 fully saturated rings. The van der Waals surface area contributed by atoms with E-state index in [4.69, 9.17) is 0 Å². The highest BCUT2D eigenvalue weighted by molar-refractivity contribution is 6.21. The van der Waals surface area contributed by atoms with Crippen molar-refractivity contribution in [1.82, 2.24) is 4.90 Å². The number of carbonyl (C=O) groups excluding carboxylic acids is 2. The lowest BCUT2D eigenvalue weighted by Gasteiger charge is -2.15. The summed E-state index contributed by atoms with van der Waals surface area (Å²) in [6.45, 7) is 4.47. The van der Waals surface area contributed by atoms with E-state index in [1.165, 1.54) is 4.90 Å². The molecule has 0 bridgehead atoms. The van der Waals surface area contributed by atoms with Crippen LogP contribution in [0.4, 0.5) is 0 Å². The third kappa shape index (κ3) is 2.85. The molecule has 0 aromatic heterocycles. The molecule has 124 valence electrons. The minimum Gasteiger partial charge on any atom is -0.392 e. The summed E-state index contributed by atoms with van der Waals surface area (Å²) in [7, 11) is 0. The van der Waals surface area contributed by atoms with Gasteiger partial charge in [-0.3, -0.25) is 14.5 Å². The average molecular weight is 323 g/mol. The molecule has 0 saturated carbocycles. The normalized spacial score (nSPS) is 13.5. The molecular weight excluding hydrogens is 302 g/mol. The number of aliphatic hydroxyl groups is 1. The van der Waals surface area contributed by atoms with Gasteiger partial charge in [-0.2, -0.15) is 0 Å². The highest BCUT2D eigenvalue weighted by atomic mass is 16.3. The van der Waals surface area contributed by atoms with Gasteiger partial charge in [-0.15, -0.1) is 0 Å². The quantitative estimate of drug-likeness (QED) is 0.861. The van der Waals surface area contributed by atoms with E-state index in [-0.39, 0.29) is 18.4 Å². The molecule has 0 spiro atoms. The van der Waals surface area contributed by atoms with Gasteiger partial charge in [0.25, 0.3) is 11.8 Å². The Labute approximate surface area is 141 Å². The molecule has 2 aromatic rings. The van der Waals surface area contributed by atoms with Gasteiger partial charge in [0.05, 0.1) is 17.7 Å². The molecule has 0 unspecified atom stereocenters. The molecule has 2 amide bonds. The smallest absolute Gasteiger partial charge is 0.261 e. The number of imide groups is 1. The van der Waals surface area contributed by atoms with Crippen molar-refractivity contribution in [2.24, 2.45) is 0 Å². The van der Waals surface area contributed by atoms with Gasteiger partial charge in [0.2, 0.25) is 0 Å². The minimum atomic E-state index is -0.202. The van der Waals surface area contributed by atoms with E-state index in [2.05, 4.69) is 6.07 Å². The van der Waals surface area contributed by atoms with E-state index in [0.717, 1.165) is 28.7 Å². The number of hydrogen-bond donors (Lipinski definition) is 1. The Morgan fingerprint density at radius 1 is 1.00 bits per heavy atom. The second kappa shape index (κ2) is 6.57. The molecule has 0 radical (unpaired) electrons. The van der Waals surface area contributed by atoms with E-state index < -0.39 is 0 Å². The zero-order chi connectivity index (χ0) is 17.3. The molecule has 0 aliphatic carbocycles. The van der Waals surface area contributed by atoms with Gasteiger partial charge in [-0.1, -0.05) is 24.3 Å². The molecule has 4 heteroatoms. The van der Waals surface area contributed by atoms with Gasteiger partial charge in [0.1, 0.15) is 0 Å². The molecule has 2 aromatic carbocycles. The standard InChI is InChI=1S/C20H21NO3/c1-13-10-15(11-16(12-22)14(13)2)6-5-9-21-19(23)17-7-3-4-8-18(17)20(21)24/h3-4,7-8,10-11,22H,5-6,9,12H2,1-2H3. The maximum atomic E-state index is 12.3. The maximum absolute atomic E-state index is 12.3. The molecule has 24 heavy (non-hydrogen) atoms. The second-order valence-electron chi connectivity index (χ2n) is 6.27. The summed E-state index contributed by atoms with van der Waals surface area (Å²) in [5.41, 5.74) is 5.32. The average Bonchev–Trinajstić information content (AvgIpc) is 2.83. The molecule has 1 aliphatic rings. The Hall–Kier alpha value is -2.46. The first-order chi connectivity index (χ1) is 11.5. The Kier molecular flexibility index (Phi) is 4.49. The van der Waals surface area contributed by atoms with E-state index >= 15 is 0 Å². The first-order valence-corrected chi connectivity index (χ1v) is 8.18. The fraction of sp³-hybridized carbons (Fsp3) is 0.300. The lowest BCUT2D eigenvalue weighted by Crippen LogP contribution is -2.30. The summed E-state index contributed by atoms with van der Waals surface area (Å²) in [6, 6.07) is 11.1. The van der Waals surface area contributed by atoms with Crippen LogP contribution in [-0.4, -0.2) is 28.4 Å². The first kappa shape index (κ1) is 16.4. The lowest BCUT2D eigenvalue weighted by molar-refractivity contribution is 0.0652. The highest BCUT2D eigenvalue weighted by Gasteiger charge is 2.34. The molecule has 0 saturated heterocycles. The predicted octanol–water partition coefficient (Wildman–Crippen LogP) is 3.02. The number of benzene rings is 2. The molecule has 1 N–H and O–H groups in total. The SMILES string of the molecule is Cc1cc(CCCN2C(=O)c3ccccc3C2=O)cc(CO)c1C. The molecule has 1 heterocycles. The van der Waals surface area contributed by atoms with E-state index in [0.29, 0.717) is 24.1 Å². The van der Waals surface area contributed by atoms with Crippen LogP contribution < -0.4 is 0 Å². The number of carbonyl (C=O) groups is 2. The Morgan fingerprint density at radius 3 is 2.21 bits per heavy atom. The van der Waals surface area contributed by atoms with Crippen molar-refractivity contribution in [2.75, 3.05) is 6.54 Å². The number of amides is 2. The Bertz CT molecular complexity index is 776. The summed E-state index contributed by atoms with van der Waals surface area (Å²) in [4.78, 5) is 26.0. The van der Waals surface area contributed by atoms with Gasteiger partial charge in [-0.25, -0.2) is 0 Å². The largest absolute Gasteiger partial charge is 0.392 e. The highest BCUT2D eigenvalue weighted by Crippen LogP contribution is 2.23. The van der Waals surface area contributed by atoms with Crippen molar-refractivity contribution in [3.8, 4) is 0 Å². The lowest BCUT2D eigenvalue weighted by atomic mass is 9.97. The van der Waals surface area contributed by atoms with Crippen LogP contribution in [0.1, 0.15) is 49.4 Å². The van der Waals surface area contributed by atoms with E-state index in [9.17, 15) is 14.7 Å². The summed E-state index contributed by atoms with van der Waals surface area (Å²) in [6.07, 6.45) is 1.47. The van der Waals surface area contributed by atoms with Crippen molar-refractivity contribution in [1.29, 1.82) is 0 Å². The van der Waals surface area contributed by atoms with Crippen LogP contribution >= 0.6 is 0 Å². The van der Waals surface area contributed by atoms with Gasteiger partial charge in [-0.05, 0) is 61.1 Å². The van der Waals surface area contributed by atoms with Crippen LogP contribution in [0, 0.1) is 13.8 Å². The minimum absolute atomic E-state index is 0.0267. The predicted molar refractivity (Wildman–Crippen MR) is 92.0 cm³/mol. The monoisotopic (exact) mass is 323 g/mol. The number of hydrogen-bond acceptors (Lipinski definition) is 3. The van der Waals surface area contributed by atoms with Crippen molar-refractivity contribution in [3.63, 3.8) is 0 Å². The zero-order valence-electron chi connectivity index (χ0n) is 14.0. The van der Waals surface area contributed by atoms with Crippen LogP contribution in [0.5, 0.6) is 0 Å². The van der Waals surface area contributed by atoms with E-state index in [1.54, 1.807) is 24.3 Å². The van der Waals surface area contributed by atoms with Gasteiger partial charge in [0, 0.05) is 6.54 Å². The summed E-state index contributed by atoms with van der Waals surface area (Å²) in [5, 5.41) is 9.44. The maximum Gasteiger partial charge on any atom is 0.261 e. The summed E-state index contributed by atoms with van der Waals surface area (Å²) in [5.74, 6) is -0.404. The fourth-order valence-corrected chi connectivity index (χ4v) is 3.21. The van der Waals surface area contributed by atoms with Crippen LogP contribution in [0.3, 0.4) is 0 Å². The van der Waals surface area contributed by atoms with Crippen LogP contribution in [0.25, 0.3) is 0 Å². The first-order valence-electron chi connectivity index (χ1n) is 8.18. The summed E-state index contributed by atoms with van der Waals surface area (Å²) < 4.78 is 0. The number of nitrogens with zero attached hydrogens (tertiary/aromatic N) is 1. The molecule has 3 rings (SSSR count). The fourth-order valence-electron chi connectivity index (χ4n) is 3.21. The zero-order valence-corrected chi connectivity index (χ0v) is 14.0. The van der Waals surface area contributed by atoms with Gasteiger partial charge in [0.15, 0.2) is 0 Å². The van der Waals surface area contributed by atoms with Crippen molar-refractivity contribution < 1.29 is 14.7 Å². The second-order valence-corrected chi connectivity index (χ2v) is 6.27. The Balaban J connectivity index is 1.67. The van der Waals surface area contributed by atoms with Crippen molar-refractivity contribution in [2.45, 2.75) is 33.3 Å². The van der Waals surface area contributed by atoms with Crippen LogP contribution in [0.15, 0.2) is 36.4 Å². The van der Waals surface area contributed by atoms with Crippen molar-refractivity contribution >= 4 is 11.8 Å². The number of aliphatic hydroxyl groups excluding tert-OH is 1. The van der Waals surface area contributed by atoms with E-state index in [1.807, 2.05) is 19.9 Å². The topological polar surface area (TPSA) is 57.6 Å². The third-order valence-corrected chi connectivity index (χ3v) is 4.73. The van der Waals surface area contributed by atoms with Crippen LogP contribution in [-0.2, 0) is 13.0 Å². The number of rotatable bonds is 5.